The molecule has 34 heavy (non-hydrogen) atoms. The number of halogens is 3. The van der Waals surface area contributed by atoms with Crippen LogP contribution in [0.3, 0.4) is 0 Å². The molecular weight excluding hydrogens is 473 g/mol. The lowest BCUT2D eigenvalue weighted by Gasteiger charge is -2.16. The van der Waals surface area contributed by atoms with E-state index in [2.05, 4.69) is 10.3 Å². The minimum atomic E-state index is -4.73. The molecule has 8 nitrogen and oxygen atoms in total. The van der Waals surface area contributed by atoms with Gasteiger partial charge in [-0.1, -0.05) is 6.07 Å². The van der Waals surface area contributed by atoms with Crippen LogP contribution in [0.15, 0.2) is 46.3 Å². The molecule has 178 valence electrons. The van der Waals surface area contributed by atoms with Gasteiger partial charge in [0.1, 0.15) is 5.75 Å². The van der Waals surface area contributed by atoms with E-state index in [9.17, 15) is 23.1 Å². The first-order chi connectivity index (χ1) is 16.1. The number of carbonyl (C=O) groups is 1. The van der Waals surface area contributed by atoms with E-state index in [1.54, 1.807) is 18.2 Å². The van der Waals surface area contributed by atoms with Gasteiger partial charge in [-0.3, -0.25) is 9.79 Å². The zero-order chi connectivity index (χ0) is 24.9. The molecule has 1 aliphatic rings. The average molecular weight is 492 g/mol. The number of amides is 1. The quantitative estimate of drug-likeness (QED) is 0.506. The number of nitriles is 1. The molecule has 0 aromatic heterocycles. The third-order valence-electron chi connectivity index (χ3n) is 4.49. The van der Waals surface area contributed by atoms with Crippen molar-refractivity contribution in [1.82, 2.24) is 5.32 Å². The van der Waals surface area contributed by atoms with E-state index in [-0.39, 0.29) is 30.2 Å². The summed E-state index contributed by atoms with van der Waals surface area (Å²) >= 11 is 1.07. The smallest absolute Gasteiger partial charge is 0.420 e. The number of nitrogens with zero attached hydrogens (tertiary/aromatic N) is 2. The number of hydrogen-bond donors (Lipinski definition) is 3. The Hall–Kier alpha value is -3.53. The lowest BCUT2D eigenvalue weighted by molar-refractivity contribution is -0.138. The van der Waals surface area contributed by atoms with Crippen molar-refractivity contribution >= 4 is 28.9 Å². The Morgan fingerprint density at radius 3 is 2.65 bits per heavy atom. The van der Waals surface area contributed by atoms with Gasteiger partial charge in [-0.15, -0.1) is 0 Å². The summed E-state index contributed by atoms with van der Waals surface area (Å²) in [5.41, 5.74) is 4.61. The second kappa shape index (κ2) is 10.6. The predicted octanol–water partition coefficient (Wildman–Crippen LogP) is 3.26. The first kappa shape index (κ1) is 25.1. The number of benzene rings is 2. The highest BCUT2D eigenvalue weighted by atomic mass is 32.2. The van der Waals surface area contributed by atoms with Gasteiger partial charge in [0.15, 0.2) is 16.7 Å². The SMILES string of the molecule is COc1cc(/C=C2/SC(=NCC(O)CN)NC2=O)ccc1Oc1ccc(C#N)cc1C(F)(F)F. The van der Waals surface area contributed by atoms with Gasteiger partial charge in [0.2, 0.25) is 0 Å². The highest BCUT2D eigenvalue weighted by Crippen LogP contribution is 2.41. The third-order valence-corrected chi connectivity index (χ3v) is 5.44. The summed E-state index contributed by atoms with van der Waals surface area (Å²) in [5, 5.41) is 21.3. The molecule has 1 aliphatic heterocycles. The van der Waals surface area contributed by atoms with E-state index in [0.717, 1.165) is 17.8 Å². The molecule has 3 rings (SSSR count). The maximum absolute atomic E-state index is 13.4. The molecule has 0 bridgehead atoms. The molecule has 0 radical (unpaired) electrons. The maximum atomic E-state index is 13.4. The third kappa shape index (κ3) is 6.07. The van der Waals surface area contributed by atoms with E-state index in [0.29, 0.717) is 21.7 Å². The van der Waals surface area contributed by atoms with Gasteiger partial charge < -0.3 is 25.6 Å². The van der Waals surface area contributed by atoms with Crippen LogP contribution in [0, 0.1) is 11.3 Å². The number of amidine groups is 1. The topological polar surface area (TPSA) is 130 Å². The van der Waals surface area contributed by atoms with E-state index >= 15 is 0 Å². The van der Waals surface area contributed by atoms with Crippen LogP contribution >= 0.6 is 11.8 Å². The number of nitrogens with one attached hydrogen (secondary N) is 1. The minimum Gasteiger partial charge on any atom is -0.493 e. The summed E-state index contributed by atoms with van der Waals surface area (Å²) < 4.78 is 51.0. The number of hydrogen-bond acceptors (Lipinski definition) is 8. The second-order valence-electron chi connectivity index (χ2n) is 6.93. The van der Waals surface area contributed by atoms with Crippen molar-refractivity contribution in [2.45, 2.75) is 12.3 Å². The molecule has 0 aliphatic carbocycles. The Kier molecular flexibility index (Phi) is 7.83. The summed E-state index contributed by atoms with van der Waals surface area (Å²) in [7, 11) is 1.33. The molecular formula is C22H19F3N4O4S. The number of aliphatic imine (C=N–C) groups is 1. The monoisotopic (exact) mass is 492 g/mol. The lowest BCUT2D eigenvalue weighted by Crippen LogP contribution is -2.25. The first-order valence-electron chi connectivity index (χ1n) is 9.75. The van der Waals surface area contributed by atoms with Crippen molar-refractivity contribution in [3.8, 4) is 23.3 Å². The van der Waals surface area contributed by atoms with Crippen LogP contribution in [0.25, 0.3) is 6.08 Å². The van der Waals surface area contributed by atoms with Crippen LogP contribution in [0.4, 0.5) is 13.2 Å². The standard InChI is InChI=1S/C22H19F3N4O4S/c1-32-18-7-12(8-19-20(31)29-21(34-19)28-11-14(30)10-27)2-5-17(18)33-16-4-3-13(9-26)6-15(16)22(23,24)25/h2-8,14,30H,10-11,27H2,1H3,(H,28,29,31)/b19-8+. The average Bonchev–Trinajstić information content (AvgIpc) is 3.16. The fourth-order valence-corrected chi connectivity index (χ4v) is 3.63. The molecule has 4 N–H and O–H groups in total. The van der Waals surface area contributed by atoms with Crippen molar-refractivity contribution < 1.29 is 32.5 Å². The number of nitrogens with two attached hydrogens (primary N) is 1. The molecule has 0 saturated carbocycles. The number of aliphatic hydroxyl groups excluding tert-OH is 1. The molecule has 1 unspecified atom stereocenters. The Morgan fingerprint density at radius 1 is 1.26 bits per heavy atom. The van der Waals surface area contributed by atoms with E-state index in [1.807, 2.05) is 0 Å². The van der Waals surface area contributed by atoms with Crippen molar-refractivity contribution in [3.63, 3.8) is 0 Å². The second-order valence-corrected chi connectivity index (χ2v) is 7.96. The van der Waals surface area contributed by atoms with Crippen LogP contribution in [-0.4, -0.2) is 42.5 Å². The summed E-state index contributed by atoms with van der Waals surface area (Å²) in [6.45, 7) is 0.0841. The summed E-state index contributed by atoms with van der Waals surface area (Å²) in [6.07, 6.45) is -3.99. The molecule has 12 heteroatoms. The molecule has 1 heterocycles. The number of methoxy groups -OCH3 is 1. The maximum Gasteiger partial charge on any atom is 0.420 e. The summed E-state index contributed by atoms with van der Waals surface area (Å²) in [4.78, 5) is 16.6. The highest BCUT2D eigenvalue weighted by Gasteiger charge is 2.35. The minimum absolute atomic E-state index is 0.0152. The molecule has 0 spiro atoms. The van der Waals surface area contributed by atoms with E-state index in [4.69, 9.17) is 20.5 Å². The first-order valence-corrected chi connectivity index (χ1v) is 10.6. The largest absolute Gasteiger partial charge is 0.493 e. The van der Waals surface area contributed by atoms with Crippen LogP contribution in [0.5, 0.6) is 17.2 Å². The van der Waals surface area contributed by atoms with Crippen molar-refractivity contribution in [2.24, 2.45) is 10.7 Å². The van der Waals surface area contributed by atoms with E-state index < -0.39 is 29.5 Å². The number of ether oxygens (including phenoxy) is 2. The summed E-state index contributed by atoms with van der Waals surface area (Å²) in [6, 6.07) is 9.12. The zero-order valence-electron chi connectivity index (χ0n) is 17.7. The lowest BCUT2D eigenvalue weighted by atomic mass is 10.1. The number of rotatable bonds is 7. The van der Waals surface area contributed by atoms with Crippen LogP contribution in [0.2, 0.25) is 0 Å². The van der Waals surface area contributed by atoms with Crippen LogP contribution in [-0.2, 0) is 11.0 Å². The number of carbonyl (C=O) groups excluding carboxylic acids is 1. The number of alkyl halides is 3. The van der Waals surface area contributed by atoms with Crippen molar-refractivity contribution in [3.05, 3.63) is 58.0 Å². The number of thioether (sulfide) groups is 1. The molecule has 2 aromatic rings. The fraction of sp³-hybridized carbons (Fsp3) is 0.227. The van der Waals surface area contributed by atoms with Crippen LogP contribution < -0.4 is 20.5 Å². The normalized spacial score (nSPS) is 16.9. The van der Waals surface area contributed by atoms with Gasteiger partial charge >= 0.3 is 6.18 Å². The highest BCUT2D eigenvalue weighted by molar-refractivity contribution is 8.18. The van der Waals surface area contributed by atoms with Gasteiger partial charge in [0.25, 0.3) is 5.91 Å². The molecule has 1 saturated heterocycles. The Bertz CT molecular complexity index is 1190. The molecule has 1 atom stereocenters. The van der Waals surface area contributed by atoms with Gasteiger partial charge in [0, 0.05) is 6.54 Å². The van der Waals surface area contributed by atoms with Gasteiger partial charge in [-0.05, 0) is 53.7 Å². The van der Waals surface area contributed by atoms with Crippen molar-refractivity contribution in [2.75, 3.05) is 20.2 Å². The van der Waals surface area contributed by atoms with Crippen molar-refractivity contribution in [1.29, 1.82) is 5.26 Å². The Labute approximate surface area is 196 Å². The van der Waals surface area contributed by atoms with Gasteiger partial charge in [-0.2, -0.15) is 18.4 Å². The fourth-order valence-electron chi connectivity index (χ4n) is 2.80. The summed E-state index contributed by atoms with van der Waals surface area (Å²) in [5.74, 6) is -0.726. The Balaban J connectivity index is 1.85. The van der Waals surface area contributed by atoms with Gasteiger partial charge in [0.05, 0.1) is 41.9 Å². The Morgan fingerprint density at radius 2 is 2.00 bits per heavy atom. The van der Waals surface area contributed by atoms with Gasteiger partial charge in [-0.25, -0.2) is 0 Å². The zero-order valence-corrected chi connectivity index (χ0v) is 18.5. The van der Waals surface area contributed by atoms with E-state index in [1.165, 1.54) is 25.3 Å². The van der Waals surface area contributed by atoms with Crippen LogP contribution in [0.1, 0.15) is 16.7 Å². The molecule has 1 amide bonds. The predicted molar refractivity (Wildman–Crippen MR) is 120 cm³/mol. The molecule has 1 fully saturated rings. The molecule has 2 aromatic carbocycles. The number of aliphatic hydroxyl groups is 1.